The summed E-state index contributed by atoms with van der Waals surface area (Å²) in [5.74, 6) is 2.45. The first-order valence-corrected chi connectivity index (χ1v) is 6.79. The zero-order valence-corrected chi connectivity index (χ0v) is 10.7. The normalized spacial score (nSPS) is 12.6. The van der Waals surface area contributed by atoms with Gasteiger partial charge >= 0.3 is 0 Å². The van der Waals surface area contributed by atoms with Gasteiger partial charge in [0.25, 0.3) is 0 Å². The molecule has 0 aliphatic rings. The molecule has 0 radical (unpaired) electrons. The topological polar surface area (TPSA) is 64.9 Å². The van der Waals surface area contributed by atoms with Crippen LogP contribution < -0.4 is 5.73 Å². The molecule has 0 saturated carbocycles. The zero-order valence-electron chi connectivity index (χ0n) is 9.88. The third kappa shape index (κ3) is 2.61. The minimum Gasteiger partial charge on any atom is -0.398 e. The van der Waals surface area contributed by atoms with E-state index < -0.39 is 0 Å². The lowest BCUT2D eigenvalue weighted by atomic mass is 10.1. The van der Waals surface area contributed by atoms with Crippen LogP contribution in [0, 0.1) is 0 Å². The molecule has 2 rings (SSSR count). The summed E-state index contributed by atoms with van der Waals surface area (Å²) in [6.45, 7) is 2.07. The molecule has 0 saturated heterocycles. The van der Waals surface area contributed by atoms with Gasteiger partial charge in [-0.1, -0.05) is 24.2 Å². The predicted octanol–water partition coefficient (Wildman–Crippen LogP) is 2.79. The highest BCUT2D eigenvalue weighted by Gasteiger charge is 2.15. The molecular weight excluding hydrogens is 234 g/mol. The number of hydrogen-bond donors (Lipinski definition) is 1. The first-order chi connectivity index (χ1) is 8.22. The molecule has 1 heterocycles. The monoisotopic (exact) mass is 249 g/mol. The van der Waals surface area contributed by atoms with Gasteiger partial charge in [-0.05, 0) is 18.4 Å². The number of rotatable bonds is 4. The highest BCUT2D eigenvalue weighted by Crippen LogP contribution is 2.25. The second-order valence-corrected chi connectivity index (χ2v) is 4.81. The number of nitrogen functional groups attached to an aromatic ring is 1. The van der Waals surface area contributed by atoms with Gasteiger partial charge in [-0.25, -0.2) is 0 Å². The van der Waals surface area contributed by atoms with Gasteiger partial charge in [-0.2, -0.15) is 16.7 Å². The average Bonchev–Trinajstić information content (AvgIpc) is 2.79. The van der Waals surface area contributed by atoms with E-state index in [9.17, 15) is 0 Å². The van der Waals surface area contributed by atoms with Crippen molar-refractivity contribution in [3.8, 4) is 11.4 Å². The first kappa shape index (κ1) is 12.0. The summed E-state index contributed by atoms with van der Waals surface area (Å²) in [6, 6.07) is 7.52. The van der Waals surface area contributed by atoms with Crippen molar-refractivity contribution in [2.45, 2.75) is 12.8 Å². The number of nitrogens with two attached hydrogens (primary N) is 1. The summed E-state index contributed by atoms with van der Waals surface area (Å²) < 4.78 is 5.26. The van der Waals surface area contributed by atoms with Crippen molar-refractivity contribution in [2.75, 3.05) is 17.7 Å². The molecule has 4 nitrogen and oxygen atoms in total. The van der Waals surface area contributed by atoms with Crippen LogP contribution in [-0.4, -0.2) is 22.1 Å². The maximum Gasteiger partial charge on any atom is 0.230 e. The van der Waals surface area contributed by atoms with Crippen molar-refractivity contribution in [1.29, 1.82) is 0 Å². The van der Waals surface area contributed by atoms with Crippen molar-refractivity contribution in [3.05, 3.63) is 30.2 Å². The van der Waals surface area contributed by atoms with E-state index in [2.05, 4.69) is 23.3 Å². The number of thioether (sulfide) groups is 1. The van der Waals surface area contributed by atoms with Crippen LogP contribution in [0.4, 0.5) is 5.69 Å². The van der Waals surface area contributed by atoms with Gasteiger partial charge in [0, 0.05) is 22.9 Å². The molecule has 2 aromatic rings. The molecule has 2 N–H and O–H groups in total. The Morgan fingerprint density at radius 1 is 1.41 bits per heavy atom. The van der Waals surface area contributed by atoms with E-state index in [1.165, 1.54) is 0 Å². The Morgan fingerprint density at radius 2 is 2.18 bits per heavy atom. The number of hydrogen-bond acceptors (Lipinski definition) is 5. The molecule has 0 aliphatic heterocycles. The Bertz CT molecular complexity index is 498. The van der Waals surface area contributed by atoms with Gasteiger partial charge in [-0.15, -0.1) is 0 Å². The van der Waals surface area contributed by atoms with Gasteiger partial charge in [0.05, 0.1) is 0 Å². The van der Waals surface area contributed by atoms with E-state index in [0.717, 1.165) is 11.3 Å². The summed E-state index contributed by atoms with van der Waals surface area (Å²) in [4.78, 5) is 4.39. The quantitative estimate of drug-likeness (QED) is 0.844. The smallest absolute Gasteiger partial charge is 0.230 e. The van der Waals surface area contributed by atoms with Crippen LogP contribution in [0.15, 0.2) is 28.8 Å². The van der Waals surface area contributed by atoms with Crippen LogP contribution in [0.5, 0.6) is 0 Å². The molecule has 0 spiro atoms. The fourth-order valence-electron chi connectivity index (χ4n) is 1.57. The van der Waals surface area contributed by atoms with E-state index in [0.29, 0.717) is 17.4 Å². The van der Waals surface area contributed by atoms with Crippen molar-refractivity contribution in [3.63, 3.8) is 0 Å². The third-order valence-electron chi connectivity index (χ3n) is 2.48. The predicted molar refractivity (Wildman–Crippen MR) is 70.9 cm³/mol. The van der Waals surface area contributed by atoms with Crippen LogP contribution in [0.3, 0.4) is 0 Å². The Labute approximate surface area is 105 Å². The van der Waals surface area contributed by atoms with Gasteiger partial charge < -0.3 is 10.3 Å². The van der Waals surface area contributed by atoms with E-state index >= 15 is 0 Å². The molecule has 0 amide bonds. The molecular formula is C12H15N3OS. The van der Waals surface area contributed by atoms with Gasteiger partial charge in [0.15, 0.2) is 0 Å². The molecule has 1 aromatic heterocycles. The second kappa shape index (κ2) is 5.23. The van der Waals surface area contributed by atoms with Crippen molar-refractivity contribution in [1.82, 2.24) is 10.1 Å². The number of nitrogens with zero attached hydrogens (tertiary/aromatic N) is 2. The Balaban J connectivity index is 2.27. The maximum atomic E-state index is 5.87. The Hall–Kier alpha value is -1.49. The van der Waals surface area contributed by atoms with Gasteiger partial charge in [0.1, 0.15) is 0 Å². The lowest BCUT2D eigenvalue weighted by Crippen LogP contribution is -1.97. The van der Waals surface area contributed by atoms with Crippen molar-refractivity contribution in [2.24, 2.45) is 0 Å². The lowest BCUT2D eigenvalue weighted by molar-refractivity contribution is 0.367. The molecule has 17 heavy (non-hydrogen) atoms. The van der Waals surface area contributed by atoms with Gasteiger partial charge in [-0.3, -0.25) is 0 Å². The maximum absolute atomic E-state index is 5.87. The van der Waals surface area contributed by atoms with E-state index in [1.807, 2.05) is 24.3 Å². The zero-order chi connectivity index (χ0) is 12.3. The SMILES string of the molecule is CSCC(C)c1nc(-c2ccccc2N)no1. The molecule has 5 heteroatoms. The molecule has 1 unspecified atom stereocenters. The molecule has 0 bridgehead atoms. The van der Waals surface area contributed by atoms with Gasteiger partial charge in [0.2, 0.25) is 11.7 Å². The van der Waals surface area contributed by atoms with Crippen molar-refractivity contribution >= 4 is 17.4 Å². The summed E-state index contributed by atoms with van der Waals surface area (Å²) >= 11 is 1.76. The molecule has 0 aliphatic carbocycles. The van der Waals surface area contributed by atoms with E-state index in [-0.39, 0.29) is 5.92 Å². The van der Waals surface area contributed by atoms with Crippen LogP contribution >= 0.6 is 11.8 Å². The number of benzene rings is 1. The number of aromatic nitrogens is 2. The summed E-state index contributed by atoms with van der Waals surface area (Å²) in [7, 11) is 0. The molecule has 1 aromatic carbocycles. The molecule has 0 fully saturated rings. The fraction of sp³-hybridized carbons (Fsp3) is 0.333. The van der Waals surface area contributed by atoms with Crippen LogP contribution in [0.25, 0.3) is 11.4 Å². The van der Waals surface area contributed by atoms with Crippen LogP contribution in [0.1, 0.15) is 18.7 Å². The molecule has 90 valence electrons. The minimum absolute atomic E-state index is 0.260. The Kier molecular flexibility index (Phi) is 3.68. The number of anilines is 1. The number of para-hydroxylation sites is 1. The summed E-state index contributed by atoms with van der Waals surface area (Å²) in [5.41, 5.74) is 7.35. The largest absolute Gasteiger partial charge is 0.398 e. The minimum atomic E-state index is 0.260. The average molecular weight is 249 g/mol. The Morgan fingerprint density at radius 3 is 2.88 bits per heavy atom. The lowest BCUT2D eigenvalue weighted by Gasteiger charge is -2.01. The van der Waals surface area contributed by atoms with Crippen LogP contribution in [0.2, 0.25) is 0 Å². The highest BCUT2D eigenvalue weighted by molar-refractivity contribution is 7.98. The molecule has 1 atom stereocenters. The van der Waals surface area contributed by atoms with E-state index in [4.69, 9.17) is 10.3 Å². The summed E-state index contributed by atoms with van der Waals surface area (Å²) in [5, 5.41) is 3.98. The first-order valence-electron chi connectivity index (χ1n) is 5.39. The second-order valence-electron chi connectivity index (χ2n) is 3.90. The highest BCUT2D eigenvalue weighted by atomic mass is 32.2. The van der Waals surface area contributed by atoms with E-state index in [1.54, 1.807) is 11.8 Å². The third-order valence-corrected chi connectivity index (χ3v) is 3.32. The standard InChI is InChI=1S/C12H15N3OS/c1-8(7-17-2)12-14-11(15-16-12)9-5-3-4-6-10(9)13/h3-6,8H,7,13H2,1-2H3. The van der Waals surface area contributed by atoms with Crippen LogP contribution in [-0.2, 0) is 0 Å². The van der Waals surface area contributed by atoms with Crippen molar-refractivity contribution < 1.29 is 4.52 Å². The fourth-order valence-corrected chi connectivity index (χ4v) is 2.21. The summed E-state index contributed by atoms with van der Waals surface area (Å²) in [6.07, 6.45) is 2.06.